The van der Waals surface area contributed by atoms with Crippen LogP contribution in [0.1, 0.15) is 27.7 Å². The van der Waals surface area contributed by atoms with Crippen molar-refractivity contribution in [2.45, 2.75) is 27.7 Å². The van der Waals surface area contributed by atoms with Crippen LogP contribution in [0, 0.1) is 5.92 Å². The molecule has 3 nitrogen and oxygen atoms in total. The second kappa shape index (κ2) is 4.77. The highest BCUT2D eigenvalue weighted by Gasteiger charge is 2.13. The van der Waals surface area contributed by atoms with Crippen LogP contribution < -0.4 is 5.43 Å². The van der Waals surface area contributed by atoms with Crippen LogP contribution >= 0.6 is 0 Å². The standard InChI is InChI=1S/C6H10N2O.C2H6/c1-4(2)6-8-7-5(3)9-6;1-2/h4,7H,3H2,1-2H3;1-2H3. The van der Waals surface area contributed by atoms with Gasteiger partial charge in [-0.3, -0.25) is 0 Å². The zero-order chi connectivity index (χ0) is 8.85. The molecule has 0 atom stereocenters. The van der Waals surface area contributed by atoms with Crippen LogP contribution in [-0.4, -0.2) is 5.90 Å². The van der Waals surface area contributed by atoms with Crippen LogP contribution in [0.25, 0.3) is 0 Å². The van der Waals surface area contributed by atoms with Gasteiger partial charge in [-0.15, -0.1) is 5.10 Å². The summed E-state index contributed by atoms with van der Waals surface area (Å²) in [5, 5.41) is 3.86. The van der Waals surface area contributed by atoms with Gasteiger partial charge in [0.15, 0.2) is 0 Å². The minimum absolute atomic E-state index is 0.330. The van der Waals surface area contributed by atoms with Gasteiger partial charge in [-0.2, -0.15) is 0 Å². The summed E-state index contributed by atoms with van der Waals surface area (Å²) in [5.41, 5.74) is 2.62. The molecular formula is C8H16N2O. The Bertz CT molecular complexity index is 161. The molecule has 1 heterocycles. The van der Waals surface area contributed by atoms with Gasteiger partial charge in [-0.05, 0) is 6.58 Å². The predicted octanol–water partition coefficient (Wildman–Crippen LogP) is 2.07. The van der Waals surface area contributed by atoms with Gasteiger partial charge in [0.2, 0.25) is 11.8 Å². The molecule has 0 aliphatic carbocycles. The number of nitrogens with zero attached hydrogens (tertiary/aromatic N) is 1. The molecule has 0 aromatic rings. The van der Waals surface area contributed by atoms with E-state index in [1.54, 1.807) is 0 Å². The van der Waals surface area contributed by atoms with Gasteiger partial charge in [0.1, 0.15) is 0 Å². The van der Waals surface area contributed by atoms with Crippen molar-refractivity contribution in [2.75, 3.05) is 0 Å². The summed E-state index contributed by atoms with van der Waals surface area (Å²) in [6, 6.07) is 0. The molecule has 0 saturated carbocycles. The SMILES string of the molecule is C=C1NN=C(C(C)C)O1.CC. The molecule has 0 aromatic heterocycles. The average Bonchev–Trinajstić information content (AvgIpc) is 2.40. The number of hydrogen-bond donors (Lipinski definition) is 1. The summed E-state index contributed by atoms with van der Waals surface area (Å²) < 4.78 is 5.07. The molecule has 11 heavy (non-hydrogen) atoms. The molecule has 1 aliphatic rings. The van der Waals surface area contributed by atoms with Crippen molar-refractivity contribution in [1.29, 1.82) is 0 Å². The molecule has 1 aliphatic heterocycles. The Labute approximate surface area is 68.1 Å². The second-order valence-electron chi connectivity index (χ2n) is 2.24. The fraction of sp³-hybridized carbons (Fsp3) is 0.625. The highest BCUT2D eigenvalue weighted by Crippen LogP contribution is 2.07. The highest BCUT2D eigenvalue weighted by atomic mass is 16.5. The molecule has 0 aromatic carbocycles. The van der Waals surface area contributed by atoms with Crippen molar-refractivity contribution in [3.05, 3.63) is 12.5 Å². The monoisotopic (exact) mass is 156 g/mol. The summed E-state index contributed by atoms with van der Waals surface area (Å²) in [4.78, 5) is 0. The normalized spacial score (nSPS) is 14.6. The molecule has 0 amide bonds. The van der Waals surface area contributed by atoms with Crippen LogP contribution in [0.2, 0.25) is 0 Å². The Hall–Kier alpha value is -0.990. The van der Waals surface area contributed by atoms with E-state index in [2.05, 4.69) is 17.1 Å². The third-order valence-corrected chi connectivity index (χ3v) is 1.01. The van der Waals surface area contributed by atoms with E-state index in [9.17, 15) is 0 Å². The summed E-state index contributed by atoms with van der Waals surface area (Å²) in [6.07, 6.45) is 0. The molecule has 1 rings (SSSR count). The molecule has 0 radical (unpaired) electrons. The van der Waals surface area contributed by atoms with E-state index < -0.39 is 0 Å². The minimum atomic E-state index is 0.330. The van der Waals surface area contributed by atoms with E-state index in [0.717, 1.165) is 0 Å². The van der Waals surface area contributed by atoms with Crippen molar-refractivity contribution in [1.82, 2.24) is 5.43 Å². The Morgan fingerprint density at radius 3 is 2.18 bits per heavy atom. The van der Waals surface area contributed by atoms with Gasteiger partial charge in [-0.25, -0.2) is 5.43 Å². The maximum absolute atomic E-state index is 5.07. The van der Waals surface area contributed by atoms with E-state index in [-0.39, 0.29) is 0 Å². The van der Waals surface area contributed by atoms with Crippen molar-refractivity contribution in [3.63, 3.8) is 0 Å². The third kappa shape index (κ3) is 3.07. The van der Waals surface area contributed by atoms with Crippen molar-refractivity contribution < 1.29 is 4.74 Å². The summed E-state index contributed by atoms with van der Waals surface area (Å²) >= 11 is 0. The van der Waals surface area contributed by atoms with Gasteiger partial charge >= 0.3 is 0 Å². The van der Waals surface area contributed by atoms with Gasteiger partial charge in [0.05, 0.1) is 0 Å². The quantitative estimate of drug-likeness (QED) is 0.630. The molecule has 0 unspecified atom stereocenters. The molecule has 0 bridgehead atoms. The van der Waals surface area contributed by atoms with Crippen LogP contribution in [0.3, 0.4) is 0 Å². The zero-order valence-electron chi connectivity index (χ0n) is 7.64. The van der Waals surface area contributed by atoms with Gasteiger partial charge < -0.3 is 4.74 Å². The zero-order valence-corrected chi connectivity index (χ0v) is 7.64. The first kappa shape index (κ1) is 10.0. The predicted molar refractivity (Wildman–Crippen MR) is 47.0 cm³/mol. The second-order valence-corrected chi connectivity index (χ2v) is 2.24. The van der Waals surface area contributed by atoms with Crippen LogP contribution in [0.5, 0.6) is 0 Å². The van der Waals surface area contributed by atoms with E-state index >= 15 is 0 Å². The van der Waals surface area contributed by atoms with Crippen LogP contribution in [-0.2, 0) is 4.74 Å². The fourth-order valence-electron chi connectivity index (χ4n) is 0.536. The van der Waals surface area contributed by atoms with E-state index in [0.29, 0.717) is 17.7 Å². The van der Waals surface area contributed by atoms with Gasteiger partial charge in [-0.1, -0.05) is 27.7 Å². The summed E-state index contributed by atoms with van der Waals surface area (Å²) in [7, 11) is 0. The highest BCUT2D eigenvalue weighted by molar-refractivity contribution is 5.80. The molecule has 3 heteroatoms. The number of hydrogen-bond acceptors (Lipinski definition) is 3. The fourth-order valence-corrected chi connectivity index (χ4v) is 0.536. The first-order chi connectivity index (χ1) is 5.20. The average molecular weight is 156 g/mol. The summed E-state index contributed by atoms with van der Waals surface area (Å²) in [5.74, 6) is 1.55. The van der Waals surface area contributed by atoms with E-state index in [1.807, 2.05) is 27.7 Å². The van der Waals surface area contributed by atoms with Crippen molar-refractivity contribution in [3.8, 4) is 0 Å². The number of ether oxygens (including phenoxy) is 1. The van der Waals surface area contributed by atoms with E-state index in [4.69, 9.17) is 4.74 Å². The van der Waals surface area contributed by atoms with Crippen LogP contribution in [0.4, 0.5) is 0 Å². The maximum Gasteiger partial charge on any atom is 0.216 e. The third-order valence-electron chi connectivity index (χ3n) is 1.01. The molecule has 0 saturated heterocycles. The molecular weight excluding hydrogens is 140 g/mol. The Balaban J connectivity index is 0.000000461. The summed E-state index contributed by atoms with van der Waals surface area (Å²) in [6.45, 7) is 11.6. The molecule has 1 N–H and O–H groups in total. The number of hydrazone groups is 1. The lowest BCUT2D eigenvalue weighted by Crippen LogP contribution is -2.05. The van der Waals surface area contributed by atoms with E-state index in [1.165, 1.54) is 0 Å². The topological polar surface area (TPSA) is 33.6 Å². The van der Waals surface area contributed by atoms with Crippen LogP contribution in [0.15, 0.2) is 17.6 Å². The Morgan fingerprint density at radius 2 is 2.00 bits per heavy atom. The lowest BCUT2D eigenvalue weighted by molar-refractivity contribution is 0.396. The molecule has 0 spiro atoms. The van der Waals surface area contributed by atoms with Crippen molar-refractivity contribution >= 4 is 5.90 Å². The lowest BCUT2D eigenvalue weighted by atomic mass is 10.2. The maximum atomic E-state index is 5.07. The lowest BCUT2D eigenvalue weighted by Gasteiger charge is -2.00. The first-order valence-corrected chi connectivity index (χ1v) is 3.90. The van der Waals surface area contributed by atoms with Gasteiger partial charge in [0.25, 0.3) is 0 Å². The molecule has 0 fully saturated rings. The smallest absolute Gasteiger partial charge is 0.216 e. The first-order valence-electron chi connectivity index (χ1n) is 3.90. The largest absolute Gasteiger partial charge is 0.424 e. The number of nitrogens with one attached hydrogen (secondary N) is 1. The van der Waals surface area contributed by atoms with Crippen molar-refractivity contribution in [2.24, 2.45) is 11.0 Å². The Morgan fingerprint density at radius 1 is 1.45 bits per heavy atom. The number of rotatable bonds is 1. The Kier molecular flexibility index (Phi) is 4.34. The molecule has 64 valence electrons. The van der Waals surface area contributed by atoms with Gasteiger partial charge in [0, 0.05) is 5.92 Å². The minimum Gasteiger partial charge on any atom is -0.424 e.